The fraction of sp³-hybridized carbons (Fsp3) is 0.769. The van der Waals surface area contributed by atoms with E-state index in [1.165, 1.54) is 0 Å². The van der Waals surface area contributed by atoms with Crippen LogP contribution in [0.2, 0.25) is 0 Å². The van der Waals surface area contributed by atoms with E-state index in [0.29, 0.717) is 0 Å². The minimum absolute atomic E-state index is 0.0804. The van der Waals surface area contributed by atoms with Gasteiger partial charge in [-0.3, -0.25) is 9.59 Å². The van der Waals surface area contributed by atoms with E-state index >= 15 is 0 Å². The molecule has 1 rings (SSSR count). The van der Waals surface area contributed by atoms with Crippen LogP contribution in [0.25, 0.3) is 0 Å². The van der Waals surface area contributed by atoms with Crippen molar-refractivity contribution < 1.29 is 37.4 Å². The Bertz CT molecular complexity index is 455. The Morgan fingerprint density at radius 2 is 1.96 bits per heavy atom. The van der Waals surface area contributed by atoms with Crippen molar-refractivity contribution in [1.82, 2.24) is 10.2 Å². The van der Waals surface area contributed by atoms with Crippen molar-refractivity contribution in [2.75, 3.05) is 26.2 Å². The molecule has 10 heteroatoms. The maximum Gasteiger partial charge on any atom is 0.394 e. The number of carbonyl (C=O) groups is 3. The number of nitrogens with one attached hydrogen (secondary N) is 1. The van der Waals surface area contributed by atoms with Crippen LogP contribution in [0.5, 0.6) is 0 Å². The summed E-state index contributed by atoms with van der Waals surface area (Å²) in [7, 11) is 0. The van der Waals surface area contributed by atoms with Crippen molar-refractivity contribution in [3.8, 4) is 0 Å². The Labute approximate surface area is 130 Å². The Balaban J connectivity index is 2.45. The molecule has 132 valence electrons. The minimum Gasteiger partial charge on any atom is -0.481 e. The number of aliphatic carboxylic acids is 1. The predicted octanol–water partition coefficient (Wildman–Crippen LogP) is 1.23. The van der Waals surface area contributed by atoms with E-state index in [9.17, 15) is 27.6 Å². The van der Waals surface area contributed by atoms with Crippen LogP contribution in [0, 0.1) is 11.8 Å². The van der Waals surface area contributed by atoms with Crippen molar-refractivity contribution in [2.45, 2.75) is 25.9 Å². The minimum atomic E-state index is -4.68. The molecule has 0 aromatic heterocycles. The summed E-state index contributed by atoms with van der Waals surface area (Å²) in [5.41, 5.74) is 0. The van der Waals surface area contributed by atoms with E-state index < -0.39 is 49.1 Å². The zero-order valence-corrected chi connectivity index (χ0v) is 12.6. The van der Waals surface area contributed by atoms with Crippen LogP contribution in [0.4, 0.5) is 18.0 Å². The highest BCUT2D eigenvalue weighted by Gasteiger charge is 2.53. The first-order valence-corrected chi connectivity index (χ1v) is 7.14. The molecule has 23 heavy (non-hydrogen) atoms. The van der Waals surface area contributed by atoms with Gasteiger partial charge in [0.25, 0.3) is 0 Å². The number of amides is 2. The van der Waals surface area contributed by atoms with Gasteiger partial charge in [0, 0.05) is 26.1 Å². The highest BCUT2D eigenvalue weighted by molar-refractivity contribution is 5.77. The van der Waals surface area contributed by atoms with E-state index in [4.69, 9.17) is 5.11 Å². The lowest BCUT2D eigenvalue weighted by molar-refractivity contribution is -0.187. The number of carboxylic acid groups (broad SMARTS) is 1. The first-order chi connectivity index (χ1) is 10.7. The average Bonchev–Trinajstić information content (AvgIpc) is 2.89. The van der Waals surface area contributed by atoms with Crippen LogP contribution in [0.1, 0.15) is 19.8 Å². The number of hydrogen-bond acceptors (Lipinski definition) is 4. The highest BCUT2D eigenvalue weighted by Crippen LogP contribution is 2.37. The SMILES string of the molecule is CCOC(=O)CCCNC(=O)N1C[C@@H](C(F)(F)F)[C@H](C(=O)O)C1. The first kappa shape index (κ1) is 19.0. The largest absolute Gasteiger partial charge is 0.481 e. The van der Waals surface area contributed by atoms with Crippen molar-refractivity contribution in [3.05, 3.63) is 0 Å². The van der Waals surface area contributed by atoms with Crippen molar-refractivity contribution >= 4 is 18.0 Å². The van der Waals surface area contributed by atoms with E-state index in [1.807, 2.05) is 0 Å². The summed E-state index contributed by atoms with van der Waals surface area (Å²) >= 11 is 0. The van der Waals surface area contributed by atoms with Gasteiger partial charge in [0.2, 0.25) is 0 Å². The lowest BCUT2D eigenvalue weighted by Gasteiger charge is -2.18. The molecule has 7 nitrogen and oxygen atoms in total. The number of carboxylic acids is 1. The van der Waals surface area contributed by atoms with Gasteiger partial charge >= 0.3 is 24.1 Å². The predicted molar refractivity (Wildman–Crippen MR) is 71.5 cm³/mol. The molecular formula is C13H19F3N2O5. The molecule has 1 aliphatic rings. The molecule has 0 bridgehead atoms. The second kappa shape index (κ2) is 8.02. The molecule has 2 amide bonds. The molecule has 0 saturated carbocycles. The van der Waals surface area contributed by atoms with Gasteiger partial charge in [0.1, 0.15) is 0 Å². The van der Waals surface area contributed by atoms with Crippen LogP contribution < -0.4 is 5.32 Å². The molecular weight excluding hydrogens is 321 g/mol. The number of halogens is 3. The number of esters is 1. The van der Waals surface area contributed by atoms with E-state index in [1.54, 1.807) is 6.92 Å². The van der Waals surface area contributed by atoms with Gasteiger partial charge in [0.15, 0.2) is 0 Å². The van der Waals surface area contributed by atoms with Gasteiger partial charge < -0.3 is 20.1 Å². The summed E-state index contributed by atoms with van der Waals surface area (Å²) in [4.78, 5) is 34.6. The molecule has 1 fully saturated rings. The smallest absolute Gasteiger partial charge is 0.394 e. The second-order valence-electron chi connectivity index (χ2n) is 5.14. The lowest BCUT2D eigenvalue weighted by atomic mass is 9.96. The number of nitrogens with zero attached hydrogens (tertiary/aromatic N) is 1. The van der Waals surface area contributed by atoms with Crippen molar-refractivity contribution in [3.63, 3.8) is 0 Å². The Hall–Kier alpha value is -2.00. The standard InChI is InChI=1S/C13H19F3N2O5/c1-2-23-10(19)4-3-5-17-12(22)18-6-8(11(20)21)9(7-18)13(14,15)16/h8-9H,2-7H2,1H3,(H,17,22)(H,20,21)/t8-,9-/m1/s1. The molecule has 0 unspecified atom stereocenters. The van der Waals surface area contributed by atoms with Crippen LogP contribution in [-0.4, -0.2) is 60.4 Å². The monoisotopic (exact) mass is 340 g/mol. The van der Waals surface area contributed by atoms with Gasteiger partial charge in [0.05, 0.1) is 18.4 Å². The lowest BCUT2D eigenvalue weighted by Crippen LogP contribution is -2.40. The molecule has 0 aliphatic carbocycles. The first-order valence-electron chi connectivity index (χ1n) is 7.14. The normalized spacial score (nSPS) is 21.1. The number of rotatable bonds is 6. The quantitative estimate of drug-likeness (QED) is 0.560. The van der Waals surface area contributed by atoms with Gasteiger partial charge in [-0.25, -0.2) is 4.79 Å². The van der Waals surface area contributed by atoms with Crippen LogP contribution in [-0.2, 0) is 14.3 Å². The fourth-order valence-corrected chi connectivity index (χ4v) is 2.32. The molecule has 0 radical (unpaired) electrons. The summed E-state index contributed by atoms with van der Waals surface area (Å²) < 4.78 is 43.1. The average molecular weight is 340 g/mol. The van der Waals surface area contributed by atoms with Crippen LogP contribution in [0.15, 0.2) is 0 Å². The third-order valence-electron chi connectivity index (χ3n) is 3.48. The Kier molecular flexibility index (Phi) is 6.64. The molecule has 0 aromatic rings. The zero-order chi connectivity index (χ0) is 17.6. The Morgan fingerprint density at radius 1 is 1.30 bits per heavy atom. The topological polar surface area (TPSA) is 95.9 Å². The zero-order valence-electron chi connectivity index (χ0n) is 12.6. The molecule has 1 heterocycles. The van der Waals surface area contributed by atoms with Gasteiger partial charge in [-0.15, -0.1) is 0 Å². The number of ether oxygens (including phenoxy) is 1. The van der Waals surface area contributed by atoms with Crippen molar-refractivity contribution in [1.29, 1.82) is 0 Å². The number of likely N-dealkylation sites (tertiary alicyclic amines) is 1. The van der Waals surface area contributed by atoms with Gasteiger partial charge in [-0.2, -0.15) is 13.2 Å². The maximum absolute atomic E-state index is 12.8. The summed E-state index contributed by atoms with van der Waals surface area (Å²) in [6.07, 6.45) is -4.32. The number of alkyl halides is 3. The molecule has 0 spiro atoms. The number of urea groups is 1. The maximum atomic E-state index is 12.8. The number of hydrogen-bond donors (Lipinski definition) is 2. The molecule has 2 N–H and O–H groups in total. The summed E-state index contributed by atoms with van der Waals surface area (Å²) in [5, 5.41) is 11.2. The second-order valence-corrected chi connectivity index (χ2v) is 5.14. The van der Waals surface area contributed by atoms with E-state index in [-0.39, 0.29) is 26.0 Å². The summed E-state index contributed by atoms with van der Waals surface area (Å²) in [6, 6.07) is -0.771. The third kappa shape index (κ3) is 5.61. The highest BCUT2D eigenvalue weighted by atomic mass is 19.4. The fourth-order valence-electron chi connectivity index (χ4n) is 2.32. The molecule has 0 aromatic carbocycles. The molecule has 1 saturated heterocycles. The van der Waals surface area contributed by atoms with E-state index in [2.05, 4.69) is 10.1 Å². The number of carbonyl (C=O) groups excluding carboxylic acids is 2. The molecule has 1 aliphatic heterocycles. The van der Waals surface area contributed by atoms with Gasteiger partial charge in [-0.1, -0.05) is 0 Å². The summed E-state index contributed by atoms with van der Waals surface area (Å²) in [5.74, 6) is -5.75. The summed E-state index contributed by atoms with van der Waals surface area (Å²) in [6.45, 7) is 0.799. The van der Waals surface area contributed by atoms with Gasteiger partial charge in [-0.05, 0) is 13.3 Å². The van der Waals surface area contributed by atoms with E-state index in [0.717, 1.165) is 4.90 Å². The van der Waals surface area contributed by atoms with Crippen LogP contribution >= 0.6 is 0 Å². The Morgan fingerprint density at radius 3 is 2.43 bits per heavy atom. The third-order valence-corrected chi connectivity index (χ3v) is 3.48. The molecule has 2 atom stereocenters. The van der Waals surface area contributed by atoms with Crippen molar-refractivity contribution in [2.24, 2.45) is 11.8 Å². The van der Waals surface area contributed by atoms with Crippen LogP contribution in [0.3, 0.4) is 0 Å².